The van der Waals surface area contributed by atoms with Gasteiger partial charge in [-0.15, -0.1) is 0 Å². The molecule has 1 aromatic carbocycles. The molecule has 4 amide bonds. The second kappa shape index (κ2) is 10.3. The lowest BCUT2D eigenvalue weighted by Crippen LogP contribution is -2.54. The molecule has 4 aliphatic rings. The maximum Gasteiger partial charge on any atom is 0.264 e. The number of piperidine rings is 3. The van der Waals surface area contributed by atoms with Crippen LogP contribution in [0, 0.1) is 5.41 Å². The monoisotopic (exact) mass is 496 g/mol. The van der Waals surface area contributed by atoms with Crippen LogP contribution < -0.4 is 16.4 Å². The van der Waals surface area contributed by atoms with E-state index in [2.05, 4.69) is 20.4 Å². The summed E-state index contributed by atoms with van der Waals surface area (Å²) in [6, 6.07) is 4.22. The number of hydrogen-bond acceptors (Lipinski definition) is 8. The number of hydrogen-bond donors (Lipinski definition) is 3. The van der Waals surface area contributed by atoms with Crippen molar-refractivity contribution in [2.24, 2.45) is 11.1 Å². The Morgan fingerprint density at radius 2 is 1.61 bits per heavy atom. The van der Waals surface area contributed by atoms with E-state index in [4.69, 9.17) is 5.73 Å². The summed E-state index contributed by atoms with van der Waals surface area (Å²) in [5.41, 5.74) is 7.41. The number of nitrogens with two attached hydrogens (primary N) is 1. The zero-order chi connectivity index (χ0) is 25.3. The minimum atomic E-state index is -0.953. The molecule has 0 bridgehead atoms. The predicted molar refractivity (Wildman–Crippen MR) is 134 cm³/mol. The molecule has 194 valence electrons. The summed E-state index contributed by atoms with van der Waals surface area (Å²) in [5, 5.41) is 5.60. The Morgan fingerprint density at radius 1 is 0.944 bits per heavy atom. The molecule has 4 N–H and O–H groups in total. The van der Waals surface area contributed by atoms with E-state index in [1.165, 1.54) is 25.7 Å². The molecule has 3 saturated heterocycles. The fraction of sp³-hybridized carbons (Fsp3) is 0.615. The van der Waals surface area contributed by atoms with Gasteiger partial charge in [0.1, 0.15) is 6.04 Å². The smallest absolute Gasteiger partial charge is 0.264 e. The molecule has 1 aromatic rings. The van der Waals surface area contributed by atoms with Crippen LogP contribution in [0.15, 0.2) is 18.2 Å². The molecule has 0 radical (unpaired) electrons. The van der Waals surface area contributed by atoms with Gasteiger partial charge in [0.15, 0.2) is 0 Å². The highest BCUT2D eigenvalue weighted by Gasteiger charge is 2.45. The second-order valence-electron chi connectivity index (χ2n) is 10.6. The number of anilines is 1. The molecular formula is C26H36N6O4. The van der Waals surface area contributed by atoms with Crippen LogP contribution in [0.4, 0.5) is 5.69 Å². The fourth-order valence-electron chi connectivity index (χ4n) is 6.20. The average molecular weight is 497 g/mol. The van der Waals surface area contributed by atoms with Gasteiger partial charge >= 0.3 is 0 Å². The van der Waals surface area contributed by atoms with Gasteiger partial charge in [-0.2, -0.15) is 0 Å². The quantitative estimate of drug-likeness (QED) is 0.469. The number of nitrogens with one attached hydrogen (secondary N) is 2. The first-order chi connectivity index (χ1) is 17.4. The van der Waals surface area contributed by atoms with Gasteiger partial charge in [-0.05, 0) is 75.8 Å². The molecule has 1 spiro atoms. The van der Waals surface area contributed by atoms with Gasteiger partial charge in [-0.3, -0.25) is 29.4 Å². The molecule has 0 saturated carbocycles. The number of rotatable bonds is 7. The molecule has 4 heterocycles. The number of likely N-dealkylation sites (tertiary alicyclic amines) is 2. The largest absolute Gasteiger partial charge is 0.383 e. The van der Waals surface area contributed by atoms with Crippen molar-refractivity contribution >= 4 is 29.3 Å². The Labute approximate surface area is 211 Å². The van der Waals surface area contributed by atoms with Crippen LogP contribution in [0.5, 0.6) is 0 Å². The van der Waals surface area contributed by atoms with Crippen molar-refractivity contribution in [1.29, 1.82) is 0 Å². The Bertz CT molecular complexity index is 1040. The van der Waals surface area contributed by atoms with Gasteiger partial charge in [0.2, 0.25) is 11.8 Å². The number of carbonyl (C=O) groups is 4. The van der Waals surface area contributed by atoms with E-state index < -0.39 is 23.8 Å². The molecule has 3 fully saturated rings. The zero-order valence-corrected chi connectivity index (χ0v) is 20.8. The number of nitrogens with zero attached hydrogens (tertiary/aromatic N) is 3. The van der Waals surface area contributed by atoms with Crippen molar-refractivity contribution in [3.05, 3.63) is 29.3 Å². The van der Waals surface area contributed by atoms with Crippen LogP contribution >= 0.6 is 0 Å². The third-order valence-electron chi connectivity index (χ3n) is 8.49. The normalized spacial score (nSPS) is 24.8. The maximum atomic E-state index is 13.2. The van der Waals surface area contributed by atoms with E-state index in [1.54, 1.807) is 18.2 Å². The summed E-state index contributed by atoms with van der Waals surface area (Å²) < 4.78 is 0. The Balaban J connectivity index is 1.15. The molecule has 10 heteroatoms. The number of benzene rings is 1. The lowest BCUT2D eigenvalue weighted by Gasteiger charge is -2.47. The Morgan fingerprint density at radius 3 is 2.25 bits per heavy atom. The molecule has 5 rings (SSSR count). The van der Waals surface area contributed by atoms with E-state index in [0.717, 1.165) is 50.7 Å². The molecule has 4 aliphatic heterocycles. The van der Waals surface area contributed by atoms with Crippen LogP contribution in [0.25, 0.3) is 0 Å². The van der Waals surface area contributed by atoms with Crippen LogP contribution in [0.1, 0.15) is 59.2 Å². The van der Waals surface area contributed by atoms with Gasteiger partial charge in [-0.25, -0.2) is 0 Å². The van der Waals surface area contributed by atoms with E-state index in [0.29, 0.717) is 28.8 Å². The van der Waals surface area contributed by atoms with Gasteiger partial charge in [0, 0.05) is 38.3 Å². The van der Waals surface area contributed by atoms with Crippen molar-refractivity contribution < 1.29 is 19.2 Å². The van der Waals surface area contributed by atoms with Gasteiger partial charge < -0.3 is 20.9 Å². The van der Waals surface area contributed by atoms with E-state index in [9.17, 15) is 19.2 Å². The zero-order valence-electron chi connectivity index (χ0n) is 20.8. The number of amides is 4. The molecule has 36 heavy (non-hydrogen) atoms. The minimum absolute atomic E-state index is 0.109. The van der Waals surface area contributed by atoms with Gasteiger partial charge in [0.25, 0.3) is 11.8 Å². The average Bonchev–Trinajstić information content (AvgIpc) is 3.13. The second-order valence-corrected chi connectivity index (χ2v) is 10.6. The summed E-state index contributed by atoms with van der Waals surface area (Å²) in [6.07, 6.45) is 5.22. The molecule has 0 aliphatic carbocycles. The van der Waals surface area contributed by atoms with Crippen LogP contribution in [0.2, 0.25) is 0 Å². The summed E-state index contributed by atoms with van der Waals surface area (Å²) in [4.78, 5) is 56.0. The van der Waals surface area contributed by atoms with E-state index in [-0.39, 0.29) is 18.7 Å². The van der Waals surface area contributed by atoms with Crippen LogP contribution in [-0.2, 0) is 9.59 Å². The van der Waals surface area contributed by atoms with E-state index in [1.807, 2.05) is 0 Å². The van der Waals surface area contributed by atoms with Gasteiger partial charge in [-0.1, -0.05) is 6.07 Å². The third kappa shape index (κ3) is 4.77. The van der Waals surface area contributed by atoms with Crippen LogP contribution in [0.3, 0.4) is 0 Å². The Hall–Kier alpha value is -2.82. The number of fused-ring (bicyclic) bond motifs is 1. The summed E-state index contributed by atoms with van der Waals surface area (Å²) >= 11 is 0. The fourth-order valence-corrected chi connectivity index (χ4v) is 6.20. The minimum Gasteiger partial charge on any atom is -0.383 e. The standard InChI is InChI=1S/C26H36N6O4/c27-10-16-30-12-6-26(7-13-30)8-14-31(15-9-26)17-11-28-19-3-1-2-18-22(19)25(36)32(24(18)35)20-4-5-21(33)29-23(20)34/h1-3,20,28H,4-17,27H2,(H,29,33,34). The third-order valence-corrected chi connectivity index (χ3v) is 8.49. The topological polar surface area (TPSA) is 128 Å². The van der Waals surface area contributed by atoms with E-state index >= 15 is 0 Å². The number of carbonyl (C=O) groups excluding carboxylic acids is 4. The first-order valence-electron chi connectivity index (χ1n) is 13.1. The van der Waals surface area contributed by atoms with Crippen molar-refractivity contribution in [2.45, 2.75) is 44.6 Å². The lowest BCUT2D eigenvalue weighted by atomic mass is 9.71. The molecule has 1 unspecified atom stereocenters. The highest BCUT2D eigenvalue weighted by Crippen LogP contribution is 2.41. The first kappa shape index (κ1) is 24.9. The molecular weight excluding hydrogens is 460 g/mol. The maximum absolute atomic E-state index is 13.2. The predicted octanol–water partition coefficient (Wildman–Crippen LogP) is 0.636. The summed E-state index contributed by atoms with van der Waals surface area (Å²) in [7, 11) is 0. The molecule has 0 aromatic heterocycles. The van der Waals surface area contributed by atoms with Crippen molar-refractivity contribution in [2.75, 3.05) is 57.7 Å². The van der Waals surface area contributed by atoms with Crippen LogP contribution in [-0.4, -0.2) is 96.7 Å². The molecule has 1 atom stereocenters. The molecule has 10 nitrogen and oxygen atoms in total. The highest BCUT2D eigenvalue weighted by molar-refractivity contribution is 6.25. The van der Waals surface area contributed by atoms with Crippen molar-refractivity contribution in [1.82, 2.24) is 20.0 Å². The Kier molecular flexibility index (Phi) is 7.09. The SMILES string of the molecule is NCCN1CCC2(CC1)CCN(CCNc1cccc3c1C(=O)N(C1CCC(=O)NC1=O)C3=O)CC2. The summed E-state index contributed by atoms with van der Waals surface area (Å²) in [5.74, 6) is -1.93. The first-order valence-corrected chi connectivity index (χ1v) is 13.1. The number of imide groups is 2. The van der Waals surface area contributed by atoms with Crippen molar-refractivity contribution in [3.63, 3.8) is 0 Å². The highest BCUT2D eigenvalue weighted by atomic mass is 16.2. The van der Waals surface area contributed by atoms with Crippen molar-refractivity contribution in [3.8, 4) is 0 Å². The summed E-state index contributed by atoms with van der Waals surface area (Å²) in [6.45, 7) is 7.70. The lowest BCUT2D eigenvalue weighted by molar-refractivity contribution is -0.136. The van der Waals surface area contributed by atoms with Gasteiger partial charge in [0.05, 0.1) is 11.1 Å².